The third-order valence-electron chi connectivity index (χ3n) is 3.83. The predicted molar refractivity (Wildman–Crippen MR) is 68.7 cm³/mol. The molecule has 1 fully saturated rings. The Morgan fingerprint density at radius 2 is 2.00 bits per heavy atom. The van der Waals surface area contributed by atoms with E-state index in [1.165, 1.54) is 5.56 Å². The molecule has 17 heavy (non-hydrogen) atoms. The molecule has 0 saturated heterocycles. The molecule has 0 amide bonds. The first-order valence-corrected chi connectivity index (χ1v) is 6.21. The monoisotopic (exact) mass is 232 g/mol. The van der Waals surface area contributed by atoms with E-state index >= 15 is 0 Å². The summed E-state index contributed by atoms with van der Waals surface area (Å²) in [4.78, 5) is 11.7. The fourth-order valence-corrected chi connectivity index (χ4v) is 2.45. The highest BCUT2D eigenvalue weighted by molar-refractivity contribution is 5.91. The number of carbonyl (C=O) groups is 1. The smallest absolute Gasteiger partial charge is 0.140 e. The second-order valence-corrected chi connectivity index (χ2v) is 5.25. The second-order valence-electron chi connectivity index (χ2n) is 5.25. The molecule has 0 bridgehead atoms. The summed E-state index contributed by atoms with van der Waals surface area (Å²) in [6, 6.07) is 6.19. The van der Waals surface area contributed by atoms with Gasteiger partial charge in [0, 0.05) is 0 Å². The molecule has 2 heteroatoms. The van der Waals surface area contributed by atoms with Crippen molar-refractivity contribution in [3.8, 4) is 5.75 Å². The van der Waals surface area contributed by atoms with Gasteiger partial charge in [-0.3, -0.25) is 4.79 Å². The lowest BCUT2D eigenvalue weighted by Crippen LogP contribution is -2.17. The Bertz CT molecular complexity index is 442. The van der Waals surface area contributed by atoms with Gasteiger partial charge in [-0.05, 0) is 42.9 Å². The van der Waals surface area contributed by atoms with Crippen molar-refractivity contribution in [2.75, 3.05) is 7.11 Å². The van der Waals surface area contributed by atoms with E-state index in [9.17, 15) is 4.79 Å². The standard InChI is InChI=1S/C15H20O2/c1-10(2)13-9-12(5-6-14(13)17-4)15(7-8-15)11(3)16/h5-6,9-10H,7-8H2,1-4H3. The summed E-state index contributed by atoms with van der Waals surface area (Å²) < 4.78 is 5.37. The first-order chi connectivity index (χ1) is 8.01. The summed E-state index contributed by atoms with van der Waals surface area (Å²) >= 11 is 0. The Kier molecular flexibility index (Phi) is 2.98. The molecule has 1 aliphatic rings. The molecule has 0 radical (unpaired) electrons. The minimum absolute atomic E-state index is 0.185. The molecule has 1 aromatic rings. The van der Waals surface area contributed by atoms with Crippen molar-refractivity contribution in [3.05, 3.63) is 29.3 Å². The second kappa shape index (κ2) is 4.17. The summed E-state index contributed by atoms with van der Waals surface area (Å²) in [5.74, 6) is 1.62. The van der Waals surface area contributed by atoms with E-state index in [4.69, 9.17) is 4.74 Å². The van der Waals surface area contributed by atoms with Crippen LogP contribution in [0.25, 0.3) is 0 Å². The van der Waals surface area contributed by atoms with Crippen LogP contribution in [0.2, 0.25) is 0 Å². The number of ether oxygens (including phenoxy) is 1. The van der Waals surface area contributed by atoms with Gasteiger partial charge in [0.05, 0.1) is 12.5 Å². The molecule has 0 unspecified atom stereocenters. The Labute approximate surface area is 103 Å². The number of Topliss-reactive ketones (excluding diaryl/α,β-unsaturated/α-hetero) is 1. The third-order valence-corrected chi connectivity index (χ3v) is 3.83. The highest BCUT2D eigenvalue weighted by atomic mass is 16.5. The maximum absolute atomic E-state index is 11.7. The van der Waals surface area contributed by atoms with Gasteiger partial charge >= 0.3 is 0 Å². The first-order valence-electron chi connectivity index (χ1n) is 6.21. The average Bonchev–Trinajstić information content (AvgIpc) is 3.09. The van der Waals surface area contributed by atoms with Gasteiger partial charge in [0.1, 0.15) is 11.5 Å². The average molecular weight is 232 g/mol. The van der Waals surface area contributed by atoms with Gasteiger partial charge in [0.25, 0.3) is 0 Å². The topological polar surface area (TPSA) is 26.3 Å². The lowest BCUT2D eigenvalue weighted by Gasteiger charge is -2.17. The quantitative estimate of drug-likeness (QED) is 0.795. The maximum atomic E-state index is 11.7. The SMILES string of the molecule is COc1ccc(C2(C(C)=O)CC2)cc1C(C)C. The summed E-state index contributed by atoms with van der Waals surface area (Å²) in [5, 5.41) is 0. The molecule has 2 rings (SSSR count). The van der Waals surface area contributed by atoms with Crippen molar-refractivity contribution >= 4 is 5.78 Å². The van der Waals surface area contributed by atoms with Gasteiger partial charge in [-0.1, -0.05) is 26.0 Å². The number of ketones is 1. The highest BCUT2D eigenvalue weighted by Crippen LogP contribution is 2.50. The molecule has 1 aromatic carbocycles. The lowest BCUT2D eigenvalue weighted by atomic mass is 9.88. The number of hydrogen-bond acceptors (Lipinski definition) is 2. The van der Waals surface area contributed by atoms with Crippen molar-refractivity contribution < 1.29 is 9.53 Å². The molecule has 1 aliphatic carbocycles. The van der Waals surface area contributed by atoms with Crippen LogP contribution in [-0.4, -0.2) is 12.9 Å². The highest BCUT2D eigenvalue weighted by Gasteiger charge is 2.48. The van der Waals surface area contributed by atoms with Crippen LogP contribution in [0.3, 0.4) is 0 Å². The third kappa shape index (κ3) is 1.97. The molecular formula is C15H20O2. The Morgan fingerprint density at radius 3 is 2.41 bits per heavy atom. The molecule has 0 atom stereocenters. The van der Waals surface area contributed by atoms with Crippen LogP contribution in [-0.2, 0) is 10.2 Å². The Morgan fingerprint density at radius 1 is 1.35 bits per heavy atom. The van der Waals surface area contributed by atoms with Gasteiger partial charge in [-0.2, -0.15) is 0 Å². The van der Waals surface area contributed by atoms with Gasteiger partial charge in [-0.15, -0.1) is 0 Å². The van der Waals surface area contributed by atoms with E-state index in [-0.39, 0.29) is 11.2 Å². The van der Waals surface area contributed by atoms with E-state index in [1.54, 1.807) is 14.0 Å². The van der Waals surface area contributed by atoms with Crippen molar-refractivity contribution in [1.29, 1.82) is 0 Å². The van der Waals surface area contributed by atoms with E-state index in [0.717, 1.165) is 24.2 Å². The minimum Gasteiger partial charge on any atom is -0.496 e. The van der Waals surface area contributed by atoms with Crippen molar-refractivity contribution in [2.45, 2.75) is 44.9 Å². The van der Waals surface area contributed by atoms with Crippen LogP contribution in [0.1, 0.15) is 50.7 Å². The van der Waals surface area contributed by atoms with Gasteiger partial charge in [-0.25, -0.2) is 0 Å². The largest absolute Gasteiger partial charge is 0.496 e. The summed E-state index contributed by atoms with van der Waals surface area (Å²) in [6.07, 6.45) is 1.98. The van der Waals surface area contributed by atoms with Crippen molar-refractivity contribution in [3.63, 3.8) is 0 Å². The molecule has 0 spiro atoms. The van der Waals surface area contributed by atoms with E-state index in [1.807, 2.05) is 12.1 Å². The number of carbonyl (C=O) groups excluding carboxylic acids is 1. The molecule has 0 heterocycles. The number of benzene rings is 1. The van der Waals surface area contributed by atoms with Crippen molar-refractivity contribution in [2.24, 2.45) is 0 Å². The molecule has 92 valence electrons. The van der Waals surface area contributed by atoms with E-state index < -0.39 is 0 Å². The predicted octanol–water partition coefficient (Wildman–Crippen LogP) is 3.44. The maximum Gasteiger partial charge on any atom is 0.140 e. The van der Waals surface area contributed by atoms with Crippen LogP contribution >= 0.6 is 0 Å². The first kappa shape index (κ1) is 12.2. The van der Waals surface area contributed by atoms with Crippen LogP contribution in [0.4, 0.5) is 0 Å². The normalized spacial score (nSPS) is 17.0. The fourth-order valence-electron chi connectivity index (χ4n) is 2.45. The number of methoxy groups -OCH3 is 1. The fraction of sp³-hybridized carbons (Fsp3) is 0.533. The molecule has 0 aromatic heterocycles. The van der Waals surface area contributed by atoms with Crippen LogP contribution in [0, 0.1) is 0 Å². The summed E-state index contributed by atoms with van der Waals surface area (Å²) in [7, 11) is 1.69. The molecular weight excluding hydrogens is 212 g/mol. The molecule has 1 saturated carbocycles. The zero-order valence-electron chi connectivity index (χ0n) is 11.0. The van der Waals surface area contributed by atoms with E-state index in [2.05, 4.69) is 19.9 Å². The van der Waals surface area contributed by atoms with Crippen LogP contribution in [0.15, 0.2) is 18.2 Å². The lowest BCUT2D eigenvalue weighted by molar-refractivity contribution is -0.119. The Hall–Kier alpha value is -1.31. The molecule has 0 N–H and O–H groups in total. The zero-order valence-corrected chi connectivity index (χ0v) is 11.0. The summed E-state index contributed by atoms with van der Waals surface area (Å²) in [6.45, 7) is 6.00. The molecule has 2 nitrogen and oxygen atoms in total. The van der Waals surface area contributed by atoms with Gasteiger partial charge in [0.2, 0.25) is 0 Å². The number of rotatable bonds is 4. The van der Waals surface area contributed by atoms with Gasteiger partial charge in [0.15, 0.2) is 0 Å². The number of hydrogen-bond donors (Lipinski definition) is 0. The van der Waals surface area contributed by atoms with Gasteiger partial charge < -0.3 is 4.74 Å². The Balaban J connectivity index is 2.45. The van der Waals surface area contributed by atoms with E-state index in [0.29, 0.717) is 5.92 Å². The van der Waals surface area contributed by atoms with Crippen LogP contribution in [0.5, 0.6) is 5.75 Å². The van der Waals surface area contributed by atoms with Crippen molar-refractivity contribution in [1.82, 2.24) is 0 Å². The molecule has 0 aliphatic heterocycles. The summed E-state index contributed by atoms with van der Waals surface area (Å²) in [5.41, 5.74) is 2.17. The zero-order chi connectivity index (χ0) is 12.6. The van der Waals surface area contributed by atoms with Crippen LogP contribution < -0.4 is 4.74 Å². The minimum atomic E-state index is -0.185.